The molecule has 0 fully saturated rings. The molecule has 0 unspecified atom stereocenters. The predicted octanol–water partition coefficient (Wildman–Crippen LogP) is 4.78. The first-order valence-corrected chi connectivity index (χ1v) is 10.2. The lowest BCUT2D eigenvalue weighted by molar-refractivity contribution is -0.143. The topological polar surface area (TPSA) is 60.7 Å². The van der Waals surface area contributed by atoms with Gasteiger partial charge in [-0.15, -0.1) is 0 Å². The fraction of sp³-hybridized carbons (Fsp3) is 0.286. The van der Waals surface area contributed by atoms with Gasteiger partial charge >= 0.3 is 5.97 Å². The molecule has 3 rings (SSSR count). The third-order valence-corrected chi connectivity index (χ3v) is 5.64. The Hall–Kier alpha value is -2.44. The van der Waals surface area contributed by atoms with Crippen molar-refractivity contribution in [2.45, 2.75) is 33.2 Å². The van der Waals surface area contributed by atoms with Crippen LogP contribution in [0.3, 0.4) is 0 Å². The number of nitrogens with zero attached hydrogens (tertiary/aromatic N) is 2. The Kier molecular flexibility index (Phi) is 6.31. The average molecular weight is 417 g/mol. The van der Waals surface area contributed by atoms with Crippen molar-refractivity contribution >= 4 is 45.0 Å². The van der Waals surface area contributed by atoms with Gasteiger partial charge in [0.1, 0.15) is 6.54 Å². The smallest absolute Gasteiger partial charge is 0.326 e. The van der Waals surface area contributed by atoms with Crippen molar-refractivity contribution in [2.75, 3.05) is 6.61 Å². The summed E-state index contributed by atoms with van der Waals surface area (Å²) >= 11 is 7.50. The summed E-state index contributed by atoms with van der Waals surface area (Å²) in [5.41, 5.74) is 2.35. The van der Waals surface area contributed by atoms with Gasteiger partial charge in [-0.25, -0.2) is 0 Å². The highest BCUT2D eigenvalue weighted by molar-refractivity contribution is 7.16. The Bertz CT molecular complexity index is 1100. The van der Waals surface area contributed by atoms with Crippen molar-refractivity contribution < 1.29 is 14.3 Å². The Morgan fingerprint density at radius 1 is 1.21 bits per heavy atom. The molecule has 0 bridgehead atoms. The third kappa shape index (κ3) is 4.34. The molecule has 0 N–H and O–H groups in total. The maximum atomic E-state index is 12.7. The van der Waals surface area contributed by atoms with Crippen molar-refractivity contribution in [1.82, 2.24) is 4.57 Å². The molecular weight excluding hydrogens is 396 g/mol. The van der Waals surface area contributed by atoms with E-state index >= 15 is 0 Å². The van der Waals surface area contributed by atoms with Crippen LogP contribution in [0.2, 0.25) is 5.02 Å². The van der Waals surface area contributed by atoms with Gasteiger partial charge in [-0.1, -0.05) is 55.0 Å². The third-order valence-electron chi connectivity index (χ3n) is 4.27. The molecule has 7 heteroatoms. The van der Waals surface area contributed by atoms with Crippen molar-refractivity contribution in [3.8, 4) is 0 Å². The van der Waals surface area contributed by atoms with Crippen molar-refractivity contribution in [2.24, 2.45) is 4.99 Å². The van der Waals surface area contributed by atoms with Crippen LogP contribution in [0.1, 0.15) is 42.6 Å². The summed E-state index contributed by atoms with van der Waals surface area (Å²) in [4.78, 5) is 29.5. The molecule has 0 spiro atoms. The number of amides is 1. The number of benzene rings is 2. The first kappa shape index (κ1) is 20.3. The molecule has 1 heterocycles. The van der Waals surface area contributed by atoms with Crippen LogP contribution in [-0.2, 0) is 16.1 Å². The predicted molar refractivity (Wildman–Crippen MR) is 112 cm³/mol. The largest absolute Gasteiger partial charge is 0.465 e. The van der Waals surface area contributed by atoms with E-state index in [1.165, 1.54) is 16.9 Å². The second kappa shape index (κ2) is 8.71. The molecule has 0 radical (unpaired) electrons. The zero-order valence-corrected chi connectivity index (χ0v) is 17.5. The van der Waals surface area contributed by atoms with E-state index in [1.54, 1.807) is 35.8 Å². The summed E-state index contributed by atoms with van der Waals surface area (Å²) < 4.78 is 7.77. The van der Waals surface area contributed by atoms with Gasteiger partial charge in [-0.05, 0) is 42.7 Å². The molecule has 2 aromatic carbocycles. The van der Waals surface area contributed by atoms with Crippen molar-refractivity contribution in [3.63, 3.8) is 0 Å². The number of ether oxygens (including phenoxy) is 1. The Morgan fingerprint density at radius 3 is 2.64 bits per heavy atom. The summed E-state index contributed by atoms with van der Waals surface area (Å²) in [5, 5.41) is 0.344. The minimum absolute atomic E-state index is 0.0104. The highest BCUT2D eigenvalue weighted by atomic mass is 35.5. The lowest BCUT2D eigenvalue weighted by Gasteiger charge is -2.07. The first-order chi connectivity index (χ1) is 13.4. The number of aromatic nitrogens is 1. The van der Waals surface area contributed by atoms with E-state index < -0.39 is 5.91 Å². The molecule has 0 saturated carbocycles. The molecule has 0 aliphatic carbocycles. The normalized spacial score (nSPS) is 12.0. The zero-order chi connectivity index (χ0) is 20.3. The van der Waals surface area contributed by atoms with E-state index in [-0.39, 0.29) is 12.5 Å². The molecule has 28 heavy (non-hydrogen) atoms. The molecule has 146 valence electrons. The molecule has 1 aromatic heterocycles. The van der Waals surface area contributed by atoms with Crippen molar-refractivity contribution in [3.05, 3.63) is 63.4 Å². The number of hydrogen-bond donors (Lipinski definition) is 0. The van der Waals surface area contributed by atoms with Crippen LogP contribution in [-0.4, -0.2) is 23.1 Å². The van der Waals surface area contributed by atoms with Gasteiger partial charge < -0.3 is 9.30 Å². The number of thiazole rings is 1. The molecule has 0 saturated heterocycles. The van der Waals surface area contributed by atoms with E-state index in [0.717, 1.165) is 10.2 Å². The molecule has 1 amide bonds. The van der Waals surface area contributed by atoms with Crippen LogP contribution in [0.25, 0.3) is 10.2 Å². The molecule has 5 nitrogen and oxygen atoms in total. The maximum absolute atomic E-state index is 12.7. The van der Waals surface area contributed by atoms with E-state index in [2.05, 4.69) is 24.9 Å². The van der Waals surface area contributed by atoms with Crippen molar-refractivity contribution in [1.29, 1.82) is 0 Å². The van der Waals surface area contributed by atoms with Crippen LogP contribution < -0.4 is 4.80 Å². The maximum Gasteiger partial charge on any atom is 0.326 e. The average Bonchev–Trinajstić information content (AvgIpc) is 2.98. The SMILES string of the molecule is CCOC(=O)Cn1c(=NC(=O)c2ccccc2Cl)sc2cc(C(C)C)ccc21. The summed E-state index contributed by atoms with van der Waals surface area (Å²) in [6.45, 7) is 6.28. The molecular formula is C21H21ClN2O3S. The fourth-order valence-corrected chi connectivity index (χ4v) is 4.10. The minimum Gasteiger partial charge on any atom is -0.465 e. The number of carbonyl (C=O) groups is 2. The Labute approximate surface area is 172 Å². The zero-order valence-electron chi connectivity index (χ0n) is 15.9. The van der Waals surface area contributed by atoms with Gasteiger partial charge in [0, 0.05) is 0 Å². The quantitative estimate of drug-likeness (QED) is 0.562. The molecule has 0 aliphatic heterocycles. The number of rotatable bonds is 5. The van der Waals surface area contributed by atoms with Gasteiger partial charge in [0.25, 0.3) is 5.91 Å². The summed E-state index contributed by atoms with van der Waals surface area (Å²) in [6.07, 6.45) is 0. The second-order valence-corrected chi connectivity index (χ2v) is 7.97. The fourth-order valence-electron chi connectivity index (χ4n) is 2.80. The summed E-state index contributed by atoms with van der Waals surface area (Å²) in [6, 6.07) is 12.8. The van der Waals surface area contributed by atoms with E-state index in [1.807, 2.05) is 12.1 Å². The van der Waals surface area contributed by atoms with Crippen LogP contribution in [0.5, 0.6) is 0 Å². The minimum atomic E-state index is -0.446. The lowest BCUT2D eigenvalue weighted by Crippen LogP contribution is -2.23. The number of esters is 1. The second-order valence-electron chi connectivity index (χ2n) is 6.55. The number of halogens is 1. The van der Waals surface area contributed by atoms with Gasteiger partial charge in [-0.2, -0.15) is 4.99 Å². The van der Waals surface area contributed by atoms with E-state index in [9.17, 15) is 9.59 Å². The van der Waals surface area contributed by atoms with Gasteiger partial charge in [-0.3, -0.25) is 9.59 Å². The van der Waals surface area contributed by atoms with E-state index in [0.29, 0.717) is 27.9 Å². The van der Waals surface area contributed by atoms with Crippen LogP contribution in [0.15, 0.2) is 47.5 Å². The summed E-state index contributed by atoms with van der Waals surface area (Å²) in [7, 11) is 0. The van der Waals surface area contributed by atoms with Crippen LogP contribution >= 0.6 is 22.9 Å². The highest BCUT2D eigenvalue weighted by Gasteiger charge is 2.15. The standard InChI is InChI=1S/C21H21ClN2O3S/c1-4-27-19(25)12-24-17-10-9-14(13(2)3)11-18(17)28-21(24)23-20(26)15-7-5-6-8-16(15)22/h5-11,13H,4,12H2,1-3H3. The number of fused-ring (bicyclic) bond motifs is 1. The lowest BCUT2D eigenvalue weighted by atomic mass is 10.0. The Morgan fingerprint density at radius 2 is 1.96 bits per heavy atom. The van der Waals surface area contributed by atoms with Crippen LogP contribution in [0.4, 0.5) is 0 Å². The number of carbonyl (C=O) groups excluding carboxylic acids is 2. The Balaban J connectivity index is 2.14. The van der Waals surface area contributed by atoms with Crippen LogP contribution in [0, 0.1) is 0 Å². The summed E-state index contributed by atoms with van der Waals surface area (Å²) in [5.74, 6) is -0.448. The molecule has 0 atom stereocenters. The van der Waals surface area contributed by atoms with E-state index in [4.69, 9.17) is 16.3 Å². The highest BCUT2D eigenvalue weighted by Crippen LogP contribution is 2.24. The first-order valence-electron chi connectivity index (χ1n) is 9.03. The molecule has 0 aliphatic rings. The molecule has 3 aromatic rings. The monoisotopic (exact) mass is 416 g/mol. The van der Waals surface area contributed by atoms with Gasteiger partial charge in [0.15, 0.2) is 4.80 Å². The van der Waals surface area contributed by atoms with Gasteiger partial charge in [0.2, 0.25) is 0 Å². The number of hydrogen-bond acceptors (Lipinski definition) is 4. The van der Waals surface area contributed by atoms with Gasteiger partial charge in [0.05, 0.1) is 27.4 Å².